The molecule has 12 rings (SSSR count). The number of aliphatic carboxylic acids is 2. The Bertz CT molecular complexity index is 4290. The van der Waals surface area contributed by atoms with Gasteiger partial charge in [-0.3, -0.25) is 38.4 Å². The molecule has 578 valence electrons. The molecule has 32 heteroatoms. The lowest BCUT2D eigenvalue weighted by molar-refractivity contribution is -0.144. The third-order valence-electron chi connectivity index (χ3n) is 18.9. The number of hydrogen-bond donors (Lipinski definition) is 10. The predicted molar refractivity (Wildman–Crippen MR) is 396 cm³/mol. The standard InChI is InChI=1S/C77H94N16O16/c1-11-31-106-56-22-13-48(14-23-56)21-30-60-70(96)82-62(76(102)103)34-50-17-26-58(27-18-50)108-43-53-39-93(89-87-53)55-37-65(91(41-55)75(101)67(45(5)6)85-69(95)47(8)79-10)73(99)81-61(33-49-15-24-57(25-16-49)107-32-12-2)71(97)83-63(77(104)105)35-51-19-28-59(29-20-51)109-42-52-38-92(88-86-52)54-36-64(72(98)80-60)90(40-54)74(100)66(44(3)4)84-68(94)46(7)78-9/h11-20,22-29,38-39,44-47,54-55,60-67,78-79H,1-2,31-37,40-43H2,3-10H3,(H,80,98)(H,81,99)(H,82,96)(H,83,97)(H,84,94)(H,85,95)(H,102,103)(H,104,105)/t46-,47-,54-,55-,60-,61-,62-,63-,64?,65-,66-,67-/m0/s1. The SMILES string of the molecule is C=CCOc1ccc(C#C[C@@H]2NC(=O)C3C[C@@H](CN3C(=O)[C@@H](NC(=O)[C@H](C)NC)C(C)C)n3cc(nn3)COc3ccc(cc3)C[C@@H](C(=O)O)NC(=O)[C@H](Cc3ccc(OCC=C)cc3)NC(=O)[C@@H]3C[C@@H](CN3C(=O)[C@@H](NC(=O)[C@H](C)NC)C(C)C)n3cc(nn3)COc3ccc(cc3)C[C@@H](C(=O)O)NC2=O)cc1. The van der Waals surface area contributed by atoms with Crippen molar-refractivity contribution in [3.05, 3.63) is 168 Å². The number of rotatable bonds is 20. The highest BCUT2D eigenvalue weighted by Crippen LogP contribution is 2.32. The van der Waals surface area contributed by atoms with Crippen molar-refractivity contribution in [3.8, 4) is 34.8 Å². The Balaban J connectivity index is 1.05. The molecule has 0 aliphatic carbocycles. The van der Waals surface area contributed by atoms with Gasteiger partial charge in [0.15, 0.2) is 6.04 Å². The lowest BCUT2D eigenvalue weighted by Gasteiger charge is -2.32. The van der Waals surface area contributed by atoms with Crippen LogP contribution in [0.25, 0.3) is 0 Å². The van der Waals surface area contributed by atoms with Crippen molar-refractivity contribution in [2.24, 2.45) is 11.8 Å². The van der Waals surface area contributed by atoms with Crippen molar-refractivity contribution in [1.82, 2.24) is 82.3 Å². The van der Waals surface area contributed by atoms with E-state index in [-0.39, 0.29) is 71.6 Å². The Labute approximate surface area is 630 Å². The molecule has 1 unspecified atom stereocenters. The molecule has 8 heterocycles. The van der Waals surface area contributed by atoms with Crippen molar-refractivity contribution in [1.29, 1.82) is 0 Å². The van der Waals surface area contributed by atoms with Crippen LogP contribution in [0, 0.1) is 23.7 Å². The summed E-state index contributed by atoms with van der Waals surface area (Å²) in [5.41, 5.74) is 2.51. The number of likely N-dealkylation sites (N-methyl/N-ethyl adjacent to an activating group) is 2. The molecule has 12 atom stereocenters. The highest BCUT2D eigenvalue weighted by molar-refractivity contribution is 5.98. The van der Waals surface area contributed by atoms with Crippen molar-refractivity contribution in [2.45, 2.75) is 159 Å². The van der Waals surface area contributed by atoms with Gasteiger partial charge >= 0.3 is 11.9 Å². The van der Waals surface area contributed by atoms with Gasteiger partial charge in [-0.2, -0.15) is 0 Å². The van der Waals surface area contributed by atoms with Gasteiger partial charge in [-0.15, -0.1) is 10.2 Å². The number of carboxylic acid groups (broad SMARTS) is 2. The molecule has 2 aromatic heterocycles. The van der Waals surface area contributed by atoms with Crippen LogP contribution in [0.4, 0.5) is 0 Å². The number of nitrogens with zero attached hydrogens (tertiary/aromatic N) is 8. The maximum Gasteiger partial charge on any atom is 0.326 e. The molecule has 0 radical (unpaired) electrons. The summed E-state index contributed by atoms with van der Waals surface area (Å²) in [6.07, 6.45) is 5.54. The molecule has 6 aliphatic heterocycles. The van der Waals surface area contributed by atoms with Crippen molar-refractivity contribution in [2.75, 3.05) is 40.4 Å². The highest BCUT2D eigenvalue weighted by Gasteiger charge is 2.47. The van der Waals surface area contributed by atoms with Crippen LogP contribution < -0.4 is 61.5 Å². The highest BCUT2D eigenvalue weighted by atomic mass is 16.5. The molecule has 32 nitrogen and oxygen atoms in total. The maximum absolute atomic E-state index is 15.1. The number of aromatic nitrogens is 6. The molecule has 8 amide bonds. The lowest BCUT2D eigenvalue weighted by Crippen LogP contribution is -2.59. The van der Waals surface area contributed by atoms with E-state index in [9.17, 15) is 48.6 Å². The number of ether oxygens (including phenoxy) is 4. The minimum absolute atomic E-state index is 0.0569. The van der Waals surface area contributed by atoms with E-state index in [0.29, 0.717) is 56.6 Å². The summed E-state index contributed by atoms with van der Waals surface area (Å²) >= 11 is 0. The van der Waals surface area contributed by atoms with Gasteiger partial charge in [-0.05, 0) is 117 Å². The third-order valence-corrected chi connectivity index (χ3v) is 18.9. The minimum Gasteiger partial charge on any atom is -0.490 e. The molecular formula is C77H94N16O16. The fourth-order valence-corrected chi connectivity index (χ4v) is 12.4. The summed E-state index contributed by atoms with van der Waals surface area (Å²) in [7, 11) is 3.19. The molecule has 2 saturated heterocycles. The molecular weight excluding hydrogens is 1400 g/mol. The summed E-state index contributed by atoms with van der Waals surface area (Å²) in [5.74, 6) is -1.99. The number of carboxylic acids is 2. The molecule has 109 heavy (non-hydrogen) atoms. The summed E-state index contributed by atoms with van der Waals surface area (Å²) in [6.45, 7) is 17.5. The zero-order valence-electron chi connectivity index (χ0n) is 62.0. The zero-order chi connectivity index (χ0) is 78.6. The van der Waals surface area contributed by atoms with Gasteiger partial charge in [0.1, 0.15) is 103 Å². The van der Waals surface area contributed by atoms with Crippen molar-refractivity contribution in [3.63, 3.8) is 0 Å². The molecule has 6 aliphatic rings. The quantitative estimate of drug-likeness (QED) is 0.0386. The van der Waals surface area contributed by atoms with Crippen LogP contribution in [0.5, 0.6) is 23.0 Å². The van der Waals surface area contributed by atoms with Crippen LogP contribution >= 0.6 is 0 Å². The minimum atomic E-state index is -1.72. The molecule has 10 N–H and O–H groups in total. The first-order chi connectivity index (χ1) is 52.2. The van der Waals surface area contributed by atoms with Crippen molar-refractivity contribution >= 4 is 59.2 Å². The monoisotopic (exact) mass is 1500 g/mol. The van der Waals surface area contributed by atoms with Crippen LogP contribution in [0.3, 0.4) is 0 Å². The van der Waals surface area contributed by atoms with Gasteiger partial charge in [0.25, 0.3) is 5.91 Å². The maximum atomic E-state index is 15.1. The molecule has 6 aromatic rings. The number of carbonyl (C=O) groups excluding carboxylic acids is 8. The number of nitrogens with one attached hydrogen (secondary N) is 8. The van der Waals surface area contributed by atoms with E-state index in [2.05, 4.69) is 88.2 Å². The van der Waals surface area contributed by atoms with Gasteiger partial charge in [0.05, 0.1) is 36.6 Å². The van der Waals surface area contributed by atoms with Gasteiger partial charge in [0, 0.05) is 50.8 Å². The fourth-order valence-electron chi connectivity index (χ4n) is 12.4. The first-order valence-electron chi connectivity index (χ1n) is 35.9. The summed E-state index contributed by atoms with van der Waals surface area (Å²) in [5, 5.41) is 61.0. The van der Waals surface area contributed by atoms with Gasteiger partial charge in [-0.25, -0.2) is 19.0 Å². The second kappa shape index (κ2) is 38.0. The summed E-state index contributed by atoms with van der Waals surface area (Å²) < 4.78 is 26.5. The van der Waals surface area contributed by atoms with E-state index in [1.807, 2.05) is 0 Å². The zero-order valence-corrected chi connectivity index (χ0v) is 62.0. The van der Waals surface area contributed by atoms with Gasteiger partial charge < -0.3 is 81.5 Å². The Morgan fingerprint density at radius 2 is 1.00 bits per heavy atom. The molecule has 0 saturated carbocycles. The largest absolute Gasteiger partial charge is 0.490 e. The van der Waals surface area contributed by atoms with Crippen LogP contribution in [0.1, 0.15) is 100 Å². The van der Waals surface area contributed by atoms with E-state index in [1.165, 1.54) is 19.2 Å². The predicted octanol–water partition coefficient (Wildman–Crippen LogP) is 2.14. The van der Waals surface area contributed by atoms with Crippen LogP contribution in [0.15, 0.2) is 135 Å². The lowest BCUT2D eigenvalue weighted by atomic mass is 10.0. The fraction of sp³-hybridized carbons (Fsp3) is 0.429. The second-order valence-corrected chi connectivity index (χ2v) is 27.6. The van der Waals surface area contributed by atoms with E-state index < -0.39 is 144 Å². The smallest absolute Gasteiger partial charge is 0.326 e. The average Bonchev–Trinajstić information content (AvgIpc) is 1.65. The molecule has 2 fully saturated rings. The number of benzene rings is 4. The normalized spacial score (nSPS) is 21.2. The van der Waals surface area contributed by atoms with Gasteiger partial charge in [0.2, 0.25) is 41.4 Å². The number of hydrogen-bond acceptors (Lipinski definition) is 20. The summed E-state index contributed by atoms with van der Waals surface area (Å²) in [4.78, 5) is 145. The Hall–Kier alpha value is -12.0. The molecule has 0 spiro atoms. The Morgan fingerprint density at radius 3 is 1.41 bits per heavy atom. The number of likely N-dealkylation sites (tertiary alicyclic amines) is 2. The molecule has 4 aromatic carbocycles. The Morgan fingerprint density at radius 1 is 0.578 bits per heavy atom. The summed E-state index contributed by atoms with van der Waals surface area (Å²) in [6, 6.07) is 12.1. The average molecular weight is 1500 g/mol. The van der Waals surface area contributed by atoms with Crippen molar-refractivity contribution < 1.29 is 77.1 Å². The van der Waals surface area contributed by atoms with Gasteiger partial charge in [-0.1, -0.05) is 112 Å². The third kappa shape index (κ3) is 21.9. The van der Waals surface area contributed by atoms with Crippen LogP contribution in [-0.2, 0) is 80.4 Å². The number of carbonyl (C=O) groups is 10. The first-order valence-corrected chi connectivity index (χ1v) is 35.9. The topological polar surface area (TPSA) is 412 Å². The second-order valence-electron chi connectivity index (χ2n) is 27.6. The van der Waals surface area contributed by atoms with Crippen LogP contribution in [-0.4, -0.2) is 210 Å². The molecule has 12 bridgehead atoms. The Kier molecular flexibility index (Phi) is 28.3. The van der Waals surface area contributed by atoms with Crippen LogP contribution in [0.2, 0.25) is 0 Å². The van der Waals surface area contributed by atoms with E-state index in [4.69, 9.17) is 18.9 Å². The van der Waals surface area contributed by atoms with E-state index in [0.717, 1.165) is 0 Å². The first kappa shape index (κ1) is 81.1. The number of amides is 8. The van der Waals surface area contributed by atoms with E-state index >= 15 is 9.59 Å². The van der Waals surface area contributed by atoms with E-state index in [1.54, 1.807) is 177 Å².